The van der Waals surface area contributed by atoms with Crippen LogP contribution in [0.4, 0.5) is 0 Å². The molecule has 2 aromatic heterocycles. The van der Waals surface area contributed by atoms with E-state index in [9.17, 15) is 9.59 Å². The summed E-state index contributed by atoms with van der Waals surface area (Å²) in [5, 5.41) is 1.16. The smallest absolute Gasteiger partial charge is 0.263 e. The number of carbonyl (C=O) groups excluding carboxylic acids is 1. The van der Waals surface area contributed by atoms with Crippen molar-refractivity contribution in [3.8, 4) is 0 Å². The molecule has 1 aliphatic carbocycles. The fourth-order valence-electron chi connectivity index (χ4n) is 4.19. The van der Waals surface area contributed by atoms with Gasteiger partial charge < -0.3 is 4.90 Å². The van der Waals surface area contributed by atoms with Gasteiger partial charge in [-0.05, 0) is 50.5 Å². The first-order valence-electron chi connectivity index (χ1n) is 10.1. The Morgan fingerprint density at radius 1 is 1.43 bits per heavy atom. The first kappa shape index (κ1) is 19.7. The molecule has 1 amide bonds. The molecule has 0 spiro atoms. The Kier molecular flexibility index (Phi) is 5.65. The third kappa shape index (κ3) is 3.54. The second-order valence-electron chi connectivity index (χ2n) is 7.92. The van der Waals surface area contributed by atoms with Crippen molar-refractivity contribution in [2.45, 2.75) is 62.9 Å². The monoisotopic (exact) mass is 417 g/mol. The van der Waals surface area contributed by atoms with Crippen LogP contribution in [0.3, 0.4) is 0 Å². The van der Waals surface area contributed by atoms with Crippen molar-refractivity contribution in [1.82, 2.24) is 14.5 Å². The zero-order chi connectivity index (χ0) is 19.8. The topological polar surface area (TPSA) is 55.2 Å². The fourth-order valence-corrected chi connectivity index (χ4v) is 6.61. The van der Waals surface area contributed by atoms with E-state index < -0.39 is 0 Å². The van der Waals surface area contributed by atoms with Crippen molar-refractivity contribution in [3.05, 3.63) is 33.4 Å². The number of thioether (sulfide) groups is 1. The minimum absolute atomic E-state index is 0.0141. The van der Waals surface area contributed by atoms with Crippen molar-refractivity contribution in [2.24, 2.45) is 5.92 Å². The van der Waals surface area contributed by atoms with Crippen molar-refractivity contribution < 1.29 is 4.79 Å². The molecule has 3 heterocycles. The highest BCUT2D eigenvalue weighted by Gasteiger charge is 2.28. The summed E-state index contributed by atoms with van der Waals surface area (Å²) in [5.74, 6) is 0.796. The number of aryl methyl sites for hydroxylation is 1. The largest absolute Gasteiger partial charge is 0.342 e. The van der Waals surface area contributed by atoms with Gasteiger partial charge in [0.15, 0.2) is 5.16 Å². The minimum Gasteiger partial charge on any atom is -0.342 e. The van der Waals surface area contributed by atoms with E-state index in [0.29, 0.717) is 17.6 Å². The number of carbonyl (C=O) groups is 1. The molecular weight excluding hydrogens is 390 g/mol. The molecule has 2 aromatic rings. The molecule has 2 aliphatic rings. The van der Waals surface area contributed by atoms with Crippen LogP contribution >= 0.6 is 23.1 Å². The lowest BCUT2D eigenvalue weighted by molar-refractivity contribution is -0.129. The third-order valence-electron chi connectivity index (χ3n) is 5.74. The Morgan fingerprint density at radius 3 is 2.89 bits per heavy atom. The normalized spacial score (nSPS) is 20.4. The molecule has 0 aromatic carbocycles. The van der Waals surface area contributed by atoms with E-state index in [0.717, 1.165) is 55.4 Å². The van der Waals surface area contributed by atoms with Gasteiger partial charge in [0.2, 0.25) is 5.91 Å². The molecule has 5 nitrogen and oxygen atoms in total. The van der Waals surface area contributed by atoms with E-state index in [1.807, 2.05) is 11.8 Å². The van der Waals surface area contributed by atoms with E-state index in [4.69, 9.17) is 4.98 Å². The summed E-state index contributed by atoms with van der Waals surface area (Å²) < 4.78 is 1.69. The summed E-state index contributed by atoms with van der Waals surface area (Å²) in [7, 11) is 0. The molecule has 1 aliphatic heterocycles. The molecule has 28 heavy (non-hydrogen) atoms. The number of hydrogen-bond acceptors (Lipinski definition) is 5. The average Bonchev–Trinajstić information content (AvgIpc) is 3.31. The van der Waals surface area contributed by atoms with Crippen LogP contribution in [0.25, 0.3) is 10.2 Å². The van der Waals surface area contributed by atoms with Gasteiger partial charge in [-0.3, -0.25) is 14.2 Å². The summed E-state index contributed by atoms with van der Waals surface area (Å²) in [5.41, 5.74) is 1.21. The lowest BCUT2D eigenvalue weighted by Gasteiger charge is -2.20. The van der Waals surface area contributed by atoms with Gasteiger partial charge in [-0.15, -0.1) is 17.9 Å². The Balaban J connectivity index is 1.73. The number of aromatic nitrogens is 2. The van der Waals surface area contributed by atoms with Crippen LogP contribution in [0, 0.1) is 5.92 Å². The zero-order valence-corrected chi connectivity index (χ0v) is 18.2. The molecule has 7 heteroatoms. The van der Waals surface area contributed by atoms with E-state index in [2.05, 4.69) is 13.5 Å². The standard InChI is InChI=1S/C21H27N3O2S2/c1-4-9-24-20(26)17-15-8-7-13(2)12-16(15)28-18(17)22-21(24)27-14(3)19(25)23-10-5-6-11-23/h4,13-14H,1,5-12H2,2-3H3/t13-,14-/m1/s1. The van der Waals surface area contributed by atoms with Crippen LogP contribution in [0.2, 0.25) is 0 Å². The van der Waals surface area contributed by atoms with Crippen LogP contribution in [-0.2, 0) is 24.2 Å². The quantitative estimate of drug-likeness (QED) is 0.421. The number of likely N-dealkylation sites (tertiary alicyclic amines) is 1. The maximum atomic E-state index is 13.3. The Bertz CT molecular complexity index is 972. The second-order valence-corrected chi connectivity index (χ2v) is 10.3. The van der Waals surface area contributed by atoms with E-state index in [1.54, 1.807) is 22.0 Å². The van der Waals surface area contributed by atoms with Gasteiger partial charge in [0, 0.05) is 24.5 Å². The van der Waals surface area contributed by atoms with Crippen molar-refractivity contribution >= 4 is 39.2 Å². The van der Waals surface area contributed by atoms with E-state index in [-0.39, 0.29) is 16.7 Å². The maximum Gasteiger partial charge on any atom is 0.263 e. The first-order valence-corrected chi connectivity index (χ1v) is 11.8. The Morgan fingerprint density at radius 2 is 2.18 bits per heavy atom. The number of amides is 1. The summed E-state index contributed by atoms with van der Waals surface area (Å²) >= 11 is 3.06. The molecule has 2 atom stereocenters. The second kappa shape index (κ2) is 8.03. The molecule has 0 radical (unpaired) electrons. The number of nitrogens with zero attached hydrogens (tertiary/aromatic N) is 3. The SMILES string of the molecule is C=CCn1c(S[C@H](C)C(=O)N2CCCC2)nc2sc3c(c2c1=O)CC[C@@H](C)C3. The van der Waals surface area contributed by atoms with Gasteiger partial charge >= 0.3 is 0 Å². The zero-order valence-electron chi connectivity index (χ0n) is 16.6. The first-order chi connectivity index (χ1) is 13.5. The van der Waals surface area contributed by atoms with Gasteiger partial charge in [-0.25, -0.2) is 4.98 Å². The predicted octanol–water partition coefficient (Wildman–Crippen LogP) is 3.87. The highest BCUT2D eigenvalue weighted by molar-refractivity contribution is 8.00. The Labute approximate surface area is 173 Å². The van der Waals surface area contributed by atoms with Gasteiger partial charge in [0.25, 0.3) is 5.56 Å². The van der Waals surface area contributed by atoms with Crippen LogP contribution in [-0.4, -0.2) is 38.7 Å². The lowest BCUT2D eigenvalue weighted by Crippen LogP contribution is -2.34. The van der Waals surface area contributed by atoms with Gasteiger partial charge in [-0.1, -0.05) is 24.8 Å². The van der Waals surface area contributed by atoms with Crippen molar-refractivity contribution in [1.29, 1.82) is 0 Å². The fraction of sp³-hybridized carbons (Fsp3) is 0.571. The van der Waals surface area contributed by atoms with Gasteiger partial charge in [0.1, 0.15) is 4.83 Å². The molecule has 0 bridgehead atoms. The van der Waals surface area contributed by atoms with Gasteiger partial charge in [0.05, 0.1) is 10.6 Å². The molecule has 0 unspecified atom stereocenters. The van der Waals surface area contributed by atoms with Crippen LogP contribution < -0.4 is 5.56 Å². The minimum atomic E-state index is -0.256. The number of allylic oxidation sites excluding steroid dienone is 1. The molecule has 1 fully saturated rings. The average molecular weight is 418 g/mol. The third-order valence-corrected chi connectivity index (χ3v) is 7.97. The number of rotatable bonds is 5. The Hall–Kier alpha value is -1.60. The maximum absolute atomic E-state index is 13.3. The molecule has 0 saturated carbocycles. The van der Waals surface area contributed by atoms with Gasteiger partial charge in [-0.2, -0.15) is 0 Å². The van der Waals surface area contributed by atoms with Crippen LogP contribution in [0.1, 0.15) is 43.6 Å². The number of hydrogen-bond donors (Lipinski definition) is 0. The molecule has 1 saturated heterocycles. The van der Waals surface area contributed by atoms with E-state index >= 15 is 0 Å². The molecule has 4 rings (SSSR count). The van der Waals surface area contributed by atoms with Crippen molar-refractivity contribution in [3.63, 3.8) is 0 Å². The molecular formula is C21H27N3O2S2. The van der Waals surface area contributed by atoms with Crippen LogP contribution in [0.15, 0.2) is 22.6 Å². The summed E-state index contributed by atoms with van der Waals surface area (Å²) in [6, 6.07) is 0. The number of fused-ring (bicyclic) bond motifs is 3. The van der Waals surface area contributed by atoms with E-state index in [1.165, 1.54) is 22.2 Å². The highest BCUT2D eigenvalue weighted by atomic mass is 32.2. The molecule has 0 N–H and O–H groups in total. The summed E-state index contributed by atoms with van der Waals surface area (Å²) in [6.45, 7) is 10.1. The predicted molar refractivity (Wildman–Crippen MR) is 116 cm³/mol. The number of thiophene rings is 1. The summed E-state index contributed by atoms with van der Waals surface area (Å²) in [6.07, 6.45) is 6.99. The van der Waals surface area contributed by atoms with Crippen LogP contribution in [0.5, 0.6) is 0 Å². The highest BCUT2D eigenvalue weighted by Crippen LogP contribution is 2.37. The lowest BCUT2D eigenvalue weighted by atomic mass is 9.89. The molecule has 150 valence electrons. The van der Waals surface area contributed by atoms with Crippen molar-refractivity contribution in [2.75, 3.05) is 13.1 Å². The summed E-state index contributed by atoms with van der Waals surface area (Å²) in [4.78, 5) is 35.0.